The summed E-state index contributed by atoms with van der Waals surface area (Å²) in [7, 11) is 1.45. The monoisotopic (exact) mass is 467 g/mol. The number of amides is 1. The van der Waals surface area contributed by atoms with Crippen LogP contribution in [0.1, 0.15) is 29.9 Å². The van der Waals surface area contributed by atoms with Gasteiger partial charge in [0, 0.05) is 12.1 Å². The Morgan fingerprint density at radius 1 is 1.15 bits per heavy atom. The highest BCUT2D eigenvalue weighted by Crippen LogP contribution is 2.41. The normalized spacial score (nSPS) is 17.4. The van der Waals surface area contributed by atoms with Gasteiger partial charge in [0.05, 0.1) is 30.6 Å². The Balaban J connectivity index is 1.80. The zero-order valence-corrected chi connectivity index (χ0v) is 18.8. The fourth-order valence-corrected chi connectivity index (χ4v) is 4.04. The molecule has 1 saturated heterocycles. The molecular formula is C25H22ClNO6. The summed E-state index contributed by atoms with van der Waals surface area (Å²) in [6, 6.07) is 14.3. The molecular weight excluding hydrogens is 446 g/mol. The van der Waals surface area contributed by atoms with Crippen molar-refractivity contribution in [3.8, 4) is 11.5 Å². The van der Waals surface area contributed by atoms with Gasteiger partial charge in [0.25, 0.3) is 11.7 Å². The summed E-state index contributed by atoms with van der Waals surface area (Å²) < 4.78 is 16.3. The van der Waals surface area contributed by atoms with E-state index < -0.39 is 17.7 Å². The van der Waals surface area contributed by atoms with Crippen molar-refractivity contribution < 1.29 is 28.6 Å². The van der Waals surface area contributed by atoms with Crippen molar-refractivity contribution in [1.29, 1.82) is 0 Å². The van der Waals surface area contributed by atoms with Crippen LogP contribution in [0.15, 0.2) is 70.9 Å². The van der Waals surface area contributed by atoms with Gasteiger partial charge in [0.2, 0.25) is 0 Å². The quantitative estimate of drug-likeness (QED) is 0.300. The zero-order valence-electron chi connectivity index (χ0n) is 18.1. The van der Waals surface area contributed by atoms with Gasteiger partial charge in [-0.1, -0.05) is 23.7 Å². The minimum Gasteiger partial charge on any atom is -0.507 e. The van der Waals surface area contributed by atoms with Crippen LogP contribution in [0.4, 0.5) is 0 Å². The fourth-order valence-electron chi connectivity index (χ4n) is 3.85. The van der Waals surface area contributed by atoms with E-state index in [2.05, 4.69) is 0 Å². The number of benzene rings is 2. The number of furan rings is 1. The lowest BCUT2D eigenvalue weighted by molar-refractivity contribution is -0.140. The number of ketones is 1. The van der Waals surface area contributed by atoms with Crippen molar-refractivity contribution in [3.05, 3.63) is 88.3 Å². The number of aliphatic hydroxyl groups excluding tert-OH is 1. The maximum Gasteiger partial charge on any atom is 0.296 e. The molecule has 7 nitrogen and oxygen atoms in total. The minimum atomic E-state index is -0.905. The Hall–Kier alpha value is -3.71. The fraction of sp³-hybridized carbons (Fsp3) is 0.200. The number of likely N-dealkylation sites (tertiary alicyclic amines) is 1. The minimum absolute atomic E-state index is 0.0692. The number of hydrogen-bond donors (Lipinski definition) is 1. The molecule has 1 aromatic heterocycles. The second-order valence-electron chi connectivity index (χ2n) is 7.37. The van der Waals surface area contributed by atoms with E-state index in [0.29, 0.717) is 34.5 Å². The number of ether oxygens (including phenoxy) is 2. The number of Topliss-reactive ketones (excluding diaryl/α,β-unsaturated/α-hetero) is 1. The summed E-state index contributed by atoms with van der Waals surface area (Å²) >= 11 is 6.09. The van der Waals surface area contributed by atoms with Gasteiger partial charge in [-0.2, -0.15) is 0 Å². The highest BCUT2D eigenvalue weighted by molar-refractivity contribution is 6.46. The Labute approximate surface area is 195 Å². The summed E-state index contributed by atoms with van der Waals surface area (Å²) in [6.45, 7) is 2.51. The number of methoxy groups -OCH3 is 1. The molecule has 1 aliphatic rings. The van der Waals surface area contributed by atoms with E-state index in [1.807, 2.05) is 31.2 Å². The molecule has 2 aromatic carbocycles. The summed E-state index contributed by atoms with van der Waals surface area (Å²) in [4.78, 5) is 27.5. The molecule has 2 heterocycles. The summed E-state index contributed by atoms with van der Waals surface area (Å²) in [5.74, 6) is -0.524. The first-order valence-corrected chi connectivity index (χ1v) is 10.7. The van der Waals surface area contributed by atoms with Crippen LogP contribution >= 0.6 is 11.6 Å². The molecule has 170 valence electrons. The Morgan fingerprint density at radius 3 is 2.67 bits per heavy atom. The number of aliphatic hydroxyl groups is 1. The number of hydrogen-bond acceptors (Lipinski definition) is 6. The van der Waals surface area contributed by atoms with Gasteiger partial charge >= 0.3 is 0 Å². The van der Waals surface area contributed by atoms with Gasteiger partial charge in [-0.15, -0.1) is 0 Å². The van der Waals surface area contributed by atoms with E-state index in [9.17, 15) is 14.7 Å². The number of rotatable bonds is 7. The highest BCUT2D eigenvalue weighted by Gasteiger charge is 2.47. The predicted octanol–water partition coefficient (Wildman–Crippen LogP) is 4.96. The van der Waals surface area contributed by atoms with Crippen LogP contribution in [0, 0.1) is 0 Å². The Morgan fingerprint density at radius 2 is 1.97 bits per heavy atom. The van der Waals surface area contributed by atoms with Crippen molar-refractivity contribution in [3.63, 3.8) is 0 Å². The first-order chi connectivity index (χ1) is 15.9. The lowest BCUT2D eigenvalue weighted by Crippen LogP contribution is -2.29. The van der Waals surface area contributed by atoms with Crippen molar-refractivity contribution in [1.82, 2.24) is 4.90 Å². The van der Waals surface area contributed by atoms with Crippen molar-refractivity contribution in [2.45, 2.75) is 19.5 Å². The van der Waals surface area contributed by atoms with Gasteiger partial charge in [-0.05, 0) is 55.0 Å². The molecule has 0 spiro atoms. The smallest absolute Gasteiger partial charge is 0.296 e. The van der Waals surface area contributed by atoms with Gasteiger partial charge < -0.3 is 23.9 Å². The van der Waals surface area contributed by atoms with Crippen molar-refractivity contribution >= 4 is 29.1 Å². The van der Waals surface area contributed by atoms with Crippen LogP contribution in [0.3, 0.4) is 0 Å². The van der Waals surface area contributed by atoms with E-state index in [4.69, 9.17) is 25.5 Å². The van der Waals surface area contributed by atoms with E-state index in [1.54, 1.807) is 24.3 Å². The van der Waals surface area contributed by atoms with Gasteiger partial charge in [0.1, 0.15) is 29.1 Å². The number of carbonyl (C=O) groups is 2. The van der Waals surface area contributed by atoms with Crippen LogP contribution in [-0.2, 0) is 16.1 Å². The summed E-state index contributed by atoms with van der Waals surface area (Å²) in [5, 5.41) is 11.5. The molecule has 1 N–H and O–H groups in total. The lowest BCUT2D eigenvalue weighted by Gasteiger charge is -2.23. The molecule has 4 rings (SSSR count). The molecule has 33 heavy (non-hydrogen) atoms. The van der Waals surface area contributed by atoms with Crippen LogP contribution in [0.25, 0.3) is 5.76 Å². The maximum absolute atomic E-state index is 13.1. The number of halogens is 1. The molecule has 1 amide bonds. The average Bonchev–Trinajstić information content (AvgIpc) is 3.42. The summed E-state index contributed by atoms with van der Waals surface area (Å²) in [5.41, 5.74) is 0.997. The van der Waals surface area contributed by atoms with E-state index >= 15 is 0 Å². The molecule has 1 fully saturated rings. The molecule has 0 bridgehead atoms. The summed E-state index contributed by atoms with van der Waals surface area (Å²) in [6.07, 6.45) is 1.45. The van der Waals surface area contributed by atoms with Crippen LogP contribution in [0.2, 0.25) is 5.02 Å². The van der Waals surface area contributed by atoms with Crippen molar-refractivity contribution in [2.24, 2.45) is 0 Å². The topological polar surface area (TPSA) is 89.2 Å². The van der Waals surface area contributed by atoms with Crippen LogP contribution in [0.5, 0.6) is 11.5 Å². The number of carbonyl (C=O) groups excluding carboxylic acids is 2. The zero-order chi connectivity index (χ0) is 23.5. The van der Waals surface area contributed by atoms with Gasteiger partial charge in [-0.25, -0.2) is 0 Å². The Bertz CT molecular complexity index is 1220. The first-order valence-electron chi connectivity index (χ1n) is 10.3. The molecule has 0 saturated carbocycles. The van der Waals surface area contributed by atoms with Gasteiger partial charge in [0.15, 0.2) is 0 Å². The van der Waals surface area contributed by atoms with Crippen molar-refractivity contribution in [2.75, 3.05) is 13.7 Å². The predicted molar refractivity (Wildman–Crippen MR) is 122 cm³/mol. The molecule has 8 heteroatoms. The second kappa shape index (κ2) is 9.42. The Kier molecular flexibility index (Phi) is 6.42. The average molecular weight is 468 g/mol. The highest BCUT2D eigenvalue weighted by atomic mass is 35.5. The van der Waals surface area contributed by atoms with E-state index in [0.717, 1.165) is 5.56 Å². The van der Waals surface area contributed by atoms with Crippen LogP contribution < -0.4 is 9.47 Å². The lowest BCUT2D eigenvalue weighted by atomic mass is 9.99. The molecule has 3 aromatic rings. The SMILES string of the molecule is CCOc1cccc(CN2C(=O)C(=O)/C(=C(\O)c3ccc(Cl)c(OC)c3)C2c2ccco2)c1. The van der Waals surface area contributed by atoms with E-state index in [-0.39, 0.29) is 17.9 Å². The largest absolute Gasteiger partial charge is 0.507 e. The number of nitrogens with zero attached hydrogens (tertiary/aromatic N) is 1. The third kappa shape index (κ3) is 4.32. The molecule has 1 aliphatic heterocycles. The molecule has 0 aliphatic carbocycles. The van der Waals surface area contributed by atoms with E-state index in [1.165, 1.54) is 24.3 Å². The first kappa shape index (κ1) is 22.5. The molecule has 1 atom stereocenters. The third-order valence-corrected chi connectivity index (χ3v) is 5.65. The maximum atomic E-state index is 13.1. The van der Waals surface area contributed by atoms with Gasteiger partial charge in [-0.3, -0.25) is 9.59 Å². The third-order valence-electron chi connectivity index (χ3n) is 5.34. The van der Waals surface area contributed by atoms with Crippen LogP contribution in [-0.4, -0.2) is 35.4 Å². The molecule has 1 unspecified atom stereocenters. The molecule has 0 radical (unpaired) electrons. The standard InChI is InChI=1S/C25H22ClNO6/c1-3-32-17-7-4-6-15(12-17)14-27-22(19-8-5-11-33-19)21(24(29)25(27)30)23(28)16-9-10-18(26)20(13-16)31-2/h4-13,22,28H,3,14H2,1-2H3/b23-21-. The second-order valence-corrected chi connectivity index (χ2v) is 7.78.